The molecule has 1 aromatic heterocycles. The second-order valence-corrected chi connectivity index (χ2v) is 9.02. The van der Waals surface area contributed by atoms with Crippen molar-refractivity contribution in [3.63, 3.8) is 0 Å². The van der Waals surface area contributed by atoms with Crippen LogP contribution in [0.3, 0.4) is 0 Å². The Hall–Kier alpha value is -2.20. The summed E-state index contributed by atoms with van der Waals surface area (Å²) in [6.07, 6.45) is 4.07. The third kappa shape index (κ3) is 4.31. The summed E-state index contributed by atoms with van der Waals surface area (Å²) in [7, 11) is -3.68. The Balaban J connectivity index is 1.64. The molecule has 2 heterocycles. The van der Waals surface area contributed by atoms with Crippen molar-refractivity contribution < 1.29 is 13.3 Å². The summed E-state index contributed by atoms with van der Waals surface area (Å²) in [4.78, 5) is 17.0. The van der Waals surface area contributed by atoms with Gasteiger partial charge in [0.05, 0.1) is 10.6 Å². The van der Waals surface area contributed by atoms with Crippen LogP contribution < -0.4 is 10.2 Å². The number of nitro benzene ring substituents is 1. The van der Waals surface area contributed by atoms with Crippen molar-refractivity contribution in [2.45, 2.75) is 24.2 Å². The van der Waals surface area contributed by atoms with Crippen LogP contribution in [0.1, 0.15) is 18.5 Å². The van der Waals surface area contributed by atoms with E-state index in [0.29, 0.717) is 18.7 Å². The topological polar surface area (TPSA) is 105 Å². The van der Waals surface area contributed by atoms with Crippen LogP contribution in [-0.2, 0) is 16.3 Å². The Labute approximate surface area is 155 Å². The first-order valence-corrected chi connectivity index (χ1v) is 11.0. The van der Waals surface area contributed by atoms with Crippen LogP contribution in [0.2, 0.25) is 0 Å². The molecule has 1 aromatic carbocycles. The summed E-state index contributed by atoms with van der Waals surface area (Å²) in [6, 6.07) is 4.04. The molecule has 26 heavy (non-hydrogen) atoms. The van der Waals surface area contributed by atoms with Crippen LogP contribution in [-0.4, -0.2) is 44.2 Å². The van der Waals surface area contributed by atoms with Gasteiger partial charge in [-0.05, 0) is 25.0 Å². The molecule has 1 aliphatic heterocycles. The standard InChI is InChI=1S/C16H20N4O4S2/c1-26(23,24)15-10-12(4-5-14(15)20(21)22)17-7-6-13-11-25-16(18-13)19-8-2-3-9-19/h4-5,10-11,17H,2-3,6-9H2,1H3. The van der Waals surface area contributed by atoms with Crippen LogP contribution in [0.25, 0.3) is 0 Å². The number of benzene rings is 1. The van der Waals surface area contributed by atoms with Crippen LogP contribution in [0.4, 0.5) is 16.5 Å². The Morgan fingerprint density at radius 2 is 2.08 bits per heavy atom. The Kier molecular flexibility index (Phi) is 5.42. The number of aromatic nitrogens is 1. The van der Waals surface area contributed by atoms with Crippen LogP contribution in [0.5, 0.6) is 0 Å². The molecule has 0 radical (unpaired) electrons. The van der Waals surface area contributed by atoms with E-state index in [-0.39, 0.29) is 4.90 Å². The van der Waals surface area contributed by atoms with Crippen molar-refractivity contribution in [1.29, 1.82) is 0 Å². The fourth-order valence-corrected chi connectivity index (χ4v) is 4.65. The van der Waals surface area contributed by atoms with E-state index in [1.54, 1.807) is 11.3 Å². The van der Waals surface area contributed by atoms with Gasteiger partial charge in [-0.15, -0.1) is 11.3 Å². The summed E-state index contributed by atoms with van der Waals surface area (Å²) in [6.45, 7) is 2.68. The highest BCUT2D eigenvalue weighted by molar-refractivity contribution is 7.90. The van der Waals surface area contributed by atoms with Crippen molar-refractivity contribution in [3.05, 3.63) is 39.4 Å². The molecule has 3 rings (SSSR count). The van der Waals surface area contributed by atoms with Gasteiger partial charge in [0.25, 0.3) is 5.69 Å². The number of sulfone groups is 1. The molecule has 2 aromatic rings. The quantitative estimate of drug-likeness (QED) is 0.566. The minimum atomic E-state index is -3.68. The molecule has 1 saturated heterocycles. The minimum Gasteiger partial charge on any atom is -0.385 e. The molecule has 1 aliphatic rings. The number of hydrogen-bond acceptors (Lipinski definition) is 8. The molecule has 140 valence electrons. The van der Waals surface area contributed by atoms with Gasteiger partial charge in [-0.2, -0.15) is 0 Å². The predicted molar refractivity (Wildman–Crippen MR) is 102 cm³/mol. The van der Waals surface area contributed by atoms with Gasteiger partial charge >= 0.3 is 0 Å². The highest BCUT2D eigenvalue weighted by atomic mass is 32.2. The Bertz CT molecular complexity index is 905. The molecule has 0 saturated carbocycles. The van der Waals surface area contributed by atoms with E-state index in [1.807, 2.05) is 5.38 Å². The van der Waals surface area contributed by atoms with Crippen molar-refractivity contribution in [2.24, 2.45) is 0 Å². The van der Waals surface area contributed by atoms with Gasteiger partial charge in [-0.3, -0.25) is 10.1 Å². The van der Waals surface area contributed by atoms with Gasteiger partial charge in [-0.25, -0.2) is 13.4 Å². The van der Waals surface area contributed by atoms with Gasteiger partial charge in [0.1, 0.15) is 4.90 Å². The maximum absolute atomic E-state index is 11.8. The number of nitrogens with one attached hydrogen (secondary N) is 1. The zero-order valence-corrected chi connectivity index (χ0v) is 16.0. The van der Waals surface area contributed by atoms with Gasteiger partial charge in [0.2, 0.25) is 0 Å². The molecule has 0 aliphatic carbocycles. The largest absolute Gasteiger partial charge is 0.385 e. The van der Waals surface area contributed by atoms with Gasteiger partial charge < -0.3 is 10.2 Å². The third-order valence-electron chi connectivity index (χ3n) is 4.18. The molecule has 0 bridgehead atoms. The van der Waals surface area contributed by atoms with Crippen LogP contribution in [0.15, 0.2) is 28.5 Å². The third-order valence-corrected chi connectivity index (χ3v) is 6.26. The lowest BCUT2D eigenvalue weighted by Crippen LogP contribution is -2.17. The van der Waals surface area contributed by atoms with E-state index in [0.717, 1.165) is 30.2 Å². The minimum absolute atomic E-state index is 0.280. The molecule has 10 heteroatoms. The van der Waals surface area contributed by atoms with E-state index in [2.05, 4.69) is 15.2 Å². The van der Waals surface area contributed by atoms with E-state index >= 15 is 0 Å². The number of nitro groups is 1. The first-order chi connectivity index (χ1) is 12.3. The number of thiazole rings is 1. The average molecular weight is 396 g/mol. The highest BCUT2D eigenvalue weighted by Crippen LogP contribution is 2.27. The lowest BCUT2D eigenvalue weighted by atomic mass is 10.2. The van der Waals surface area contributed by atoms with Gasteiger partial charge in [-0.1, -0.05) is 0 Å². The first-order valence-electron chi connectivity index (χ1n) is 8.26. The van der Waals surface area contributed by atoms with Crippen LogP contribution >= 0.6 is 11.3 Å². The van der Waals surface area contributed by atoms with E-state index in [9.17, 15) is 18.5 Å². The van der Waals surface area contributed by atoms with E-state index in [1.165, 1.54) is 31.0 Å². The molecular weight excluding hydrogens is 376 g/mol. The molecule has 8 nitrogen and oxygen atoms in total. The Morgan fingerprint density at radius 1 is 1.35 bits per heavy atom. The second-order valence-electron chi connectivity index (χ2n) is 6.20. The molecule has 1 N–H and O–H groups in total. The van der Waals surface area contributed by atoms with Crippen LogP contribution in [0, 0.1) is 10.1 Å². The van der Waals surface area contributed by atoms with Crippen molar-refractivity contribution in [2.75, 3.05) is 36.1 Å². The first kappa shape index (κ1) is 18.6. The highest BCUT2D eigenvalue weighted by Gasteiger charge is 2.22. The summed E-state index contributed by atoms with van der Waals surface area (Å²) in [5.41, 5.74) is 1.11. The summed E-state index contributed by atoms with van der Waals surface area (Å²) in [5.74, 6) is 0. The molecular formula is C16H20N4O4S2. The number of nitrogens with zero attached hydrogens (tertiary/aromatic N) is 3. The second kappa shape index (κ2) is 7.58. The lowest BCUT2D eigenvalue weighted by molar-refractivity contribution is -0.387. The molecule has 0 amide bonds. The SMILES string of the molecule is CS(=O)(=O)c1cc(NCCc2csc(N3CCCC3)n2)ccc1[N+](=O)[O-]. The van der Waals surface area contributed by atoms with Crippen molar-refractivity contribution in [3.8, 4) is 0 Å². The number of anilines is 2. The van der Waals surface area contributed by atoms with E-state index in [4.69, 9.17) is 0 Å². The smallest absolute Gasteiger partial charge is 0.288 e. The zero-order valence-electron chi connectivity index (χ0n) is 14.3. The normalized spacial score (nSPS) is 14.6. The fraction of sp³-hybridized carbons (Fsp3) is 0.438. The van der Waals surface area contributed by atoms with Crippen molar-refractivity contribution in [1.82, 2.24) is 4.98 Å². The van der Waals surface area contributed by atoms with Gasteiger partial charge in [0.15, 0.2) is 15.0 Å². The summed E-state index contributed by atoms with van der Waals surface area (Å²) in [5, 5.41) is 17.2. The molecule has 0 atom stereocenters. The Morgan fingerprint density at radius 3 is 2.73 bits per heavy atom. The summed E-state index contributed by atoms with van der Waals surface area (Å²) >= 11 is 1.64. The molecule has 0 unspecified atom stereocenters. The average Bonchev–Trinajstić information content (AvgIpc) is 3.25. The van der Waals surface area contributed by atoms with E-state index < -0.39 is 20.4 Å². The molecule has 1 fully saturated rings. The molecule has 0 spiro atoms. The predicted octanol–water partition coefficient (Wildman–Crippen LogP) is 2.71. The maximum Gasteiger partial charge on any atom is 0.288 e. The number of rotatable bonds is 7. The number of hydrogen-bond donors (Lipinski definition) is 1. The summed E-state index contributed by atoms with van der Waals surface area (Å²) < 4.78 is 23.6. The zero-order chi connectivity index (χ0) is 18.7. The maximum atomic E-state index is 11.8. The van der Waals surface area contributed by atoms with Gasteiger partial charge in [0, 0.05) is 49.4 Å². The monoisotopic (exact) mass is 396 g/mol. The van der Waals surface area contributed by atoms with Crippen molar-refractivity contribution >= 4 is 37.7 Å². The lowest BCUT2D eigenvalue weighted by Gasteiger charge is -2.12. The fourth-order valence-electron chi connectivity index (χ4n) is 2.87.